The fourth-order valence-electron chi connectivity index (χ4n) is 0.393. The van der Waals surface area contributed by atoms with Gasteiger partial charge in [0.15, 0.2) is 0 Å². The molecular weight excluding hydrogens is 478 g/mol. The van der Waals surface area contributed by atoms with Crippen LogP contribution in [0.3, 0.4) is 0 Å². The predicted molar refractivity (Wildman–Crippen MR) is 75.3 cm³/mol. The van der Waals surface area contributed by atoms with E-state index in [0.717, 1.165) is 0 Å². The number of rotatable bonds is 5. The van der Waals surface area contributed by atoms with Crippen LogP contribution in [0.5, 0.6) is 0 Å². The number of alkyl halides is 2. The Kier molecular flexibility index (Phi) is 10.8. The predicted octanol–water partition coefficient (Wildman–Crippen LogP) is 0.475. The number of carboxylic acid groups (broad SMARTS) is 4. The second-order valence-electron chi connectivity index (χ2n) is 2.49. The van der Waals surface area contributed by atoms with Crippen LogP contribution in [0.1, 0.15) is 0 Å². The molecule has 2 atom stereocenters. The third-order valence-corrected chi connectivity index (χ3v) is 4.98. The second-order valence-corrected chi connectivity index (χ2v) is 5.17. The smallest absolute Gasteiger partial charge is 0.328 e. The molecule has 8 nitrogen and oxygen atoms in total. The first-order chi connectivity index (χ1) is 8.09. The maximum Gasteiger partial charge on any atom is 0.328 e. The molecule has 0 aromatic rings. The first-order valence-electron chi connectivity index (χ1n) is 3.97. The average Bonchev–Trinajstić information content (AvgIpc) is 2.24. The van der Waals surface area contributed by atoms with Crippen LogP contribution in [0.25, 0.3) is 0 Å². The van der Waals surface area contributed by atoms with Crippen molar-refractivity contribution in [2.24, 2.45) is 0 Å². The Balaban J connectivity index is 0. The SMILES string of the molecule is O=C(O)/C=C\C(=O)O.O=C(O)C(I)C(I)C(=O)O. The Hall–Kier alpha value is -0.920. The number of halogens is 2. The highest BCUT2D eigenvalue weighted by Gasteiger charge is 2.28. The van der Waals surface area contributed by atoms with Crippen LogP contribution in [-0.2, 0) is 19.2 Å². The van der Waals surface area contributed by atoms with Crippen molar-refractivity contribution < 1.29 is 39.6 Å². The van der Waals surface area contributed by atoms with Gasteiger partial charge in [-0.2, -0.15) is 0 Å². The summed E-state index contributed by atoms with van der Waals surface area (Å²) >= 11 is 3.17. The summed E-state index contributed by atoms with van der Waals surface area (Å²) in [6.07, 6.45) is 1.12. The van der Waals surface area contributed by atoms with Crippen molar-refractivity contribution in [3.8, 4) is 0 Å². The van der Waals surface area contributed by atoms with Gasteiger partial charge in [-0.1, -0.05) is 45.2 Å². The number of hydrogen-bond acceptors (Lipinski definition) is 4. The topological polar surface area (TPSA) is 149 Å². The highest BCUT2D eigenvalue weighted by atomic mass is 127. The Labute approximate surface area is 128 Å². The largest absolute Gasteiger partial charge is 0.480 e. The van der Waals surface area contributed by atoms with Gasteiger partial charge in [-0.3, -0.25) is 9.59 Å². The molecule has 0 saturated heterocycles. The average molecular weight is 486 g/mol. The number of carboxylic acids is 4. The van der Waals surface area contributed by atoms with Gasteiger partial charge in [0.2, 0.25) is 0 Å². The zero-order valence-electron chi connectivity index (χ0n) is 8.49. The molecule has 0 rings (SSSR count). The van der Waals surface area contributed by atoms with E-state index in [2.05, 4.69) is 0 Å². The summed E-state index contributed by atoms with van der Waals surface area (Å²) in [5.74, 6) is -4.70. The van der Waals surface area contributed by atoms with Crippen LogP contribution in [0.4, 0.5) is 0 Å². The quantitative estimate of drug-likeness (QED) is 0.249. The van der Waals surface area contributed by atoms with Crippen LogP contribution in [0.2, 0.25) is 0 Å². The molecule has 0 radical (unpaired) electrons. The van der Waals surface area contributed by atoms with Crippen LogP contribution in [0.15, 0.2) is 12.2 Å². The van der Waals surface area contributed by atoms with E-state index in [9.17, 15) is 19.2 Å². The van der Waals surface area contributed by atoms with Crippen molar-refractivity contribution in [1.29, 1.82) is 0 Å². The molecular formula is C8H8I2O8. The van der Waals surface area contributed by atoms with E-state index in [1.807, 2.05) is 0 Å². The second kappa shape index (κ2) is 10.0. The fourth-order valence-corrected chi connectivity index (χ4v) is 1.01. The summed E-state index contributed by atoms with van der Waals surface area (Å²) < 4.78 is -1.73. The molecule has 0 spiro atoms. The van der Waals surface area contributed by atoms with Gasteiger partial charge in [-0.05, 0) is 0 Å². The third kappa shape index (κ3) is 11.6. The van der Waals surface area contributed by atoms with Gasteiger partial charge in [0.25, 0.3) is 0 Å². The summed E-state index contributed by atoms with van der Waals surface area (Å²) in [6.45, 7) is 0. The monoisotopic (exact) mass is 486 g/mol. The first kappa shape index (κ1) is 19.4. The van der Waals surface area contributed by atoms with Crippen molar-refractivity contribution in [2.45, 2.75) is 7.85 Å². The molecule has 18 heavy (non-hydrogen) atoms. The zero-order valence-corrected chi connectivity index (χ0v) is 12.8. The Morgan fingerprint density at radius 1 is 0.722 bits per heavy atom. The first-order valence-corrected chi connectivity index (χ1v) is 6.46. The van der Waals surface area contributed by atoms with Crippen molar-refractivity contribution in [3.05, 3.63) is 12.2 Å². The minimum atomic E-state index is -1.26. The molecule has 0 aliphatic heterocycles. The van der Waals surface area contributed by atoms with E-state index in [1.165, 1.54) is 0 Å². The molecule has 0 saturated carbocycles. The molecule has 4 N–H and O–H groups in total. The van der Waals surface area contributed by atoms with Crippen molar-refractivity contribution in [2.75, 3.05) is 0 Å². The lowest BCUT2D eigenvalue weighted by molar-refractivity contribution is -0.141. The normalized spacial score (nSPS) is 13.0. The molecule has 0 bridgehead atoms. The summed E-state index contributed by atoms with van der Waals surface area (Å²) in [7, 11) is 0. The highest BCUT2D eigenvalue weighted by Crippen LogP contribution is 2.15. The number of hydrogen-bond donors (Lipinski definition) is 4. The van der Waals surface area contributed by atoms with Crippen LogP contribution >= 0.6 is 45.2 Å². The molecule has 102 valence electrons. The lowest BCUT2D eigenvalue weighted by Gasteiger charge is -2.06. The molecule has 0 aromatic heterocycles. The molecule has 0 aliphatic carbocycles. The van der Waals surface area contributed by atoms with Gasteiger partial charge in [-0.15, -0.1) is 0 Å². The van der Waals surface area contributed by atoms with E-state index < -0.39 is 31.7 Å². The molecule has 10 heteroatoms. The number of aliphatic carboxylic acids is 4. The van der Waals surface area contributed by atoms with Gasteiger partial charge in [-0.25, -0.2) is 9.59 Å². The molecule has 0 fully saturated rings. The van der Waals surface area contributed by atoms with Crippen LogP contribution in [0, 0.1) is 0 Å². The van der Waals surface area contributed by atoms with E-state index in [0.29, 0.717) is 12.2 Å². The minimum Gasteiger partial charge on any atom is -0.480 e. The van der Waals surface area contributed by atoms with E-state index in [1.54, 1.807) is 45.2 Å². The Morgan fingerprint density at radius 3 is 1.06 bits per heavy atom. The van der Waals surface area contributed by atoms with Crippen LogP contribution in [-0.4, -0.2) is 52.2 Å². The maximum atomic E-state index is 10.2. The van der Waals surface area contributed by atoms with Gasteiger partial charge in [0, 0.05) is 12.2 Å². The lowest BCUT2D eigenvalue weighted by Crippen LogP contribution is -2.30. The molecule has 0 aliphatic rings. The van der Waals surface area contributed by atoms with Gasteiger partial charge < -0.3 is 20.4 Å². The van der Waals surface area contributed by atoms with E-state index in [4.69, 9.17) is 20.4 Å². The lowest BCUT2D eigenvalue weighted by atomic mass is 10.3. The fraction of sp³-hybridized carbons (Fsp3) is 0.250. The summed E-state index contributed by atoms with van der Waals surface area (Å²) in [5.41, 5.74) is 0. The molecule has 0 heterocycles. The van der Waals surface area contributed by atoms with Gasteiger partial charge >= 0.3 is 23.9 Å². The van der Waals surface area contributed by atoms with E-state index in [-0.39, 0.29) is 0 Å². The zero-order chi connectivity index (χ0) is 14.9. The Bertz CT molecular complexity index is 330. The van der Waals surface area contributed by atoms with E-state index >= 15 is 0 Å². The molecule has 2 unspecified atom stereocenters. The highest BCUT2D eigenvalue weighted by molar-refractivity contribution is 14.1. The van der Waals surface area contributed by atoms with Gasteiger partial charge in [0.05, 0.1) is 0 Å². The van der Waals surface area contributed by atoms with Crippen LogP contribution < -0.4 is 0 Å². The third-order valence-electron chi connectivity index (χ3n) is 1.10. The Morgan fingerprint density at radius 2 is 0.944 bits per heavy atom. The molecule has 0 aromatic carbocycles. The summed E-state index contributed by atoms with van der Waals surface area (Å²) in [5, 5.41) is 32.3. The van der Waals surface area contributed by atoms with Crippen molar-refractivity contribution in [3.63, 3.8) is 0 Å². The maximum absolute atomic E-state index is 10.2. The standard InChI is InChI=1S/C4H4I2O4.C4H4O4/c5-1(3(7)8)2(6)4(9)10;5-3(6)1-2-4(7)8/h1-2H,(H,7,8)(H,9,10);1-2H,(H,5,6)(H,7,8)/b;2-1-. The molecule has 0 amide bonds. The number of carbonyl (C=O) groups is 4. The summed E-state index contributed by atoms with van der Waals surface area (Å²) in [6, 6.07) is 0. The van der Waals surface area contributed by atoms with Gasteiger partial charge in [0.1, 0.15) is 7.85 Å². The summed E-state index contributed by atoms with van der Waals surface area (Å²) in [4.78, 5) is 39.4. The van der Waals surface area contributed by atoms with Crippen molar-refractivity contribution in [1.82, 2.24) is 0 Å². The van der Waals surface area contributed by atoms with Crippen molar-refractivity contribution >= 4 is 69.1 Å². The minimum absolute atomic E-state index is 0.558.